The zero-order valence-electron chi connectivity index (χ0n) is 15.3. The van der Waals surface area contributed by atoms with Gasteiger partial charge in [0.15, 0.2) is 11.5 Å². The molecule has 0 radical (unpaired) electrons. The molecular formula is C17H25N3O4S. The molecule has 138 valence electrons. The number of benzene rings is 1. The number of nitrogens with one attached hydrogen (secondary N) is 1. The van der Waals surface area contributed by atoms with Crippen LogP contribution in [0.15, 0.2) is 23.1 Å². The monoisotopic (exact) mass is 367 g/mol. The van der Waals surface area contributed by atoms with Crippen molar-refractivity contribution in [2.24, 2.45) is 7.05 Å². The summed E-state index contributed by atoms with van der Waals surface area (Å²) in [5, 5.41) is 4.16. The van der Waals surface area contributed by atoms with Crippen LogP contribution < -0.4 is 14.2 Å². The van der Waals surface area contributed by atoms with Crippen LogP contribution in [0.1, 0.15) is 30.8 Å². The van der Waals surface area contributed by atoms with Gasteiger partial charge >= 0.3 is 0 Å². The third-order valence-electron chi connectivity index (χ3n) is 3.79. The third kappa shape index (κ3) is 4.32. The van der Waals surface area contributed by atoms with Gasteiger partial charge in [-0.3, -0.25) is 4.68 Å². The first kappa shape index (κ1) is 19.3. The van der Waals surface area contributed by atoms with E-state index in [0.717, 1.165) is 5.56 Å². The lowest BCUT2D eigenvalue weighted by molar-refractivity contribution is 0.287. The molecule has 0 fully saturated rings. The Bertz CT molecular complexity index is 844. The van der Waals surface area contributed by atoms with Crippen molar-refractivity contribution in [3.8, 4) is 11.5 Å². The van der Waals surface area contributed by atoms with Crippen LogP contribution in [-0.4, -0.2) is 31.4 Å². The molecular weight excluding hydrogens is 342 g/mol. The molecule has 2 aromatic rings. The fourth-order valence-corrected chi connectivity index (χ4v) is 4.05. The number of aryl methyl sites for hydroxylation is 2. The van der Waals surface area contributed by atoms with Gasteiger partial charge in [-0.15, -0.1) is 0 Å². The summed E-state index contributed by atoms with van der Waals surface area (Å²) in [5.74, 6) is 1.25. The largest absolute Gasteiger partial charge is 0.490 e. The molecule has 0 saturated carbocycles. The normalized spacial score (nSPS) is 11.6. The molecule has 0 spiro atoms. The van der Waals surface area contributed by atoms with Gasteiger partial charge in [0, 0.05) is 13.6 Å². The SMILES string of the molecule is CCOc1ccc(CNS(=O)(=O)c2c(C)nn(C)c2C)cc1OCC. The van der Waals surface area contributed by atoms with E-state index < -0.39 is 10.0 Å². The van der Waals surface area contributed by atoms with Crippen LogP contribution >= 0.6 is 0 Å². The average molecular weight is 367 g/mol. The molecule has 1 aromatic heterocycles. The van der Waals surface area contributed by atoms with E-state index in [4.69, 9.17) is 9.47 Å². The van der Waals surface area contributed by atoms with E-state index in [9.17, 15) is 8.42 Å². The molecule has 0 amide bonds. The highest BCUT2D eigenvalue weighted by Crippen LogP contribution is 2.28. The third-order valence-corrected chi connectivity index (χ3v) is 5.44. The summed E-state index contributed by atoms with van der Waals surface area (Å²) in [7, 11) is -1.93. The van der Waals surface area contributed by atoms with Gasteiger partial charge in [-0.1, -0.05) is 6.07 Å². The molecule has 2 rings (SSSR count). The minimum absolute atomic E-state index is 0.155. The first-order valence-corrected chi connectivity index (χ1v) is 9.66. The van der Waals surface area contributed by atoms with Crippen molar-refractivity contribution >= 4 is 10.0 Å². The van der Waals surface area contributed by atoms with Gasteiger partial charge in [0.25, 0.3) is 0 Å². The molecule has 0 aliphatic rings. The first-order chi connectivity index (χ1) is 11.8. The quantitative estimate of drug-likeness (QED) is 0.774. The summed E-state index contributed by atoms with van der Waals surface area (Å²) in [6.07, 6.45) is 0. The van der Waals surface area contributed by atoms with Crippen molar-refractivity contribution in [1.29, 1.82) is 0 Å². The van der Waals surface area contributed by atoms with E-state index in [-0.39, 0.29) is 11.4 Å². The number of nitrogens with zero attached hydrogens (tertiary/aromatic N) is 2. The van der Waals surface area contributed by atoms with Gasteiger partial charge in [0.05, 0.1) is 24.6 Å². The predicted molar refractivity (Wildman–Crippen MR) is 95.5 cm³/mol. The summed E-state index contributed by atoms with van der Waals surface area (Å²) in [5.41, 5.74) is 1.87. The zero-order valence-corrected chi connectivity index (χ0v) is 16.1. The lowest BCUT2D eigenvalue weighted by Crippen LogP contribution is -2.24. The predicted octanol–water partition coefficient (Wildman–Crippen LogP) is 2.31. The van der Waals surface area contributed by atoms with Crippen LogP contribution in [0, 0.1) is 13.8 Å². The maximum Gasteiger partial charge on any atom is 0.244 e. The molecule has 25 heavy (non-hydrogen) atoms. The number of hydrogen-bond acceptors (Lipinski definition) is 5. The Morgan fingerprint density at radius 2 is 1.76 bits per heavy atom. The van der Waals surface area contributed by atoms with Gasteiger partial charge in [0.1, 0.15) is 4.90 Å². The molecule has 1 N–H and O–H groups in total. The summed E-state index contributed by atoms with van der Waals surface area (Å²) in [4.78, 5) is 0.228. The standard InChI is InChI=1S/C17H25N3O4S/c1-6-23-15-9-8-14(10-16(15)24-7-2)11-18-25(21,22)17-12(3)19-20(5)13(17)4/h8-10,18H,6-7,11H2,1-5H3. The molecule has 0 unspecified atom stereocenters. The fourth-order valence-electron chi connectivity index (χ4n) is 2.60. The highest BCUT2D eigenvalue weighted by Gasteiger charge is 2.23. The first-order valence-electron chi connectivity index (χ1n) is 8.18. The van der Waals surface area contributed by atoms with E-state index in [1.54, 1.807) is 37.7 Å². The molecule has 1 heterocycles. The van der Waals surface area contributed by atoms with Gasteiger partial charge in [0.2, 0.25) is 10.0 Å². The van der Waals surface area contributed by atoms with E-state index in [0.29, 0.717) is 36.1 Å². The number of ether oxygens (including phenoxy) is 2. The van der Waals surface area contributed by atoms with Crippen LogP contribution in [0.5, 0.6) is 11.5 Å². The molecule has 0 aliphatic heterocycles. The molecule has 8 heteroatoms. The summed E-state index contributed by atoms with van der Waals surface area (Å²) in [6.45, 7) is 8.40. The van der Waals surface area contributed by atoms with Crippen molar-refractivity contribution in [2.45, 2.75) is 39.1 Å². The van der Waals surface area contributed by atoms with E-state index >= 15 is 0 Å². The number of hydrogen-bond donors (Lipinski definition) is 1. The number of sulfonamides is 1. The van der Waals surface area contributed by atoms with Crippen LogP contribution in [0.25, 0.3) is 0 Å². The number of aromatic nitrogens is 2. The molecule has 0 atom stereocenters. The summed E-state index contributed by atoms with van der Waals surface area (Å²) >= 11 is 0. The highest BCUT2D eigenvalue weighted by molar-refractivity contribution is 7.89. The van der Waals surface area contributed by atoms with Crippen LogP contribution in [0.3, 0.4) is 0 Å². The van der Waals surface area contributed by atoms with Crippen LogP contribution in [0.2, 0.25) is 0 Å². The lowest BCUT2D eigenvalue weighted by atomic mass is 10.2. The van der Waals surface area contributed by atoms with Crippen molar-refractivity contribution in [3.63, 3.8) is 0 Å². The van der Waals surface area contributed by atoms with Gasteiger partial charge in [-0.25, -0.2) is 13.1 Å². The lowest BCUT2D eigenvalue weighted by Gasteiger charge is -2.13. The van der Waals surface area contributed by atoms with Gasteiger partial charge in [-0.05, 0) is 45.4 Å². The Kier molecular flexibility index (Phi) is 6.07. The van der Waals surface area contributed by atoms with Gasteiger partial charge in [-0.2, -0.15) is 5.10 Å². The summed E-state index contributed by atoms with van der Waals surface area (Å²) < 4.78 is 40.5. The maximum absolute atomic E-state index is 12.6. The highest BCUT2D eigenvalue weighted by atomic mass is 32.2. The topological polar surface area (TPSA) is 82.5 Å². The minimum atomic E-state index is -3.65. The molecule has 0 bridgehead atoms. The Hall–Kier alpha value is -2.06. The van der Waals surface area contributed by atoms with Crippen molar-refractivity contribution in [1.82, 2.24) is 14.5 Å². The minimum Gasteiger partial charge on any atom is -0.490 e. The molecule has 0 saturated heterocycles. The number of rotatable bonds is 8. The van der Waals surface area contributed by atoms with Crippen LogP contribution in [-0.2, 0) is 23.6 Å². The second kappa shape index (κ2) is 7.88. The molecule has 1 aromatic carbocycles. The van der Waals surface area contributed by atoms with Crippen molar-refractivity contribution in [2.75, 3.05) is 13.2 Å². The van der Waals surface area contributed by atoms with E-state index in [1.807, 2.05) is 19.9 Å². The van der Waals surface area contributed by atoms with Crippen LogP contribution in [0.4, 0.5) is 0 Å². The Morgan fingerprint density at radius 1 is 1.12 bits per heavy atom. The maximum atomic E-state index is 12.6. The molecule has 7 nitrogen and oxygen atoms in total. The van der Waals surface area contributed by atoms with E-state index in [1.165, 1.54) is 0 Å². The second-order valence-electron chi connectivity index (χ2n) is 5.60. The fraction of sp³-hybridized carbons (Fsp3) is 0.471. The van der Waals surface area contributed by atoms with Gasteiger partial charge < -0.3 is 9.47 Å². The van der Waals surface area contributed by atoms with E-state index in [2.05, 4.69) is 9.82 Å². The zero-order chi connectivity index (χ0) is 18.6. The van der Waals surface area contributed by atoms with Crippen molar-refractivity contribution in [3.05, 3.63) is 35.2 Å². The summed E-state index contributed by atoms with van der Waals surface area (Å²) in [6, 6.07) is 5.40. The Morgan fingerprint density at radius 3 is 2.32 bits per heavy atom. The smallest absolute Gasteiger partial charge is 0.244 e. The molecule has 0 aliphatic carbocycles. The Balaban J connectivity index is 2.21. The average Bonchev–Trinajstić information content (AvgIpc) is 2.81. The Labute approximate surface area is 149 Å². The second-order valence-corrected chi connectivity index (χ2v) is 7.30. The van der Waals surface area contributed by atoms with Crippen molar-refractivity contribution < 1.29 is 17.9 Å².